The Morgan fingerprint density at radius 2 is 1.60 bits per heavy atom. The highest BCUT2D eigenvalue weighted by Gasteiger charge is 2.11. The van der Waals surface area contributed by atoms with Crippen LogP contribution in [0.5, 0.6) is 0 Å². The van der Waals surface area contributed by atoms with Crippen molar-refractivity contribution < 1.29 is 0 Å². The number of rotatable bonds is 6. The van der Waals surface area contributed by atoms with Gasteiger partial charge in [-0.3, -0.25) is 0 Å². The maximum atomic E-state index is 5.96. The van der Waals surface area contributed by atoms with E-state index in [1.807, 2.05) is 48.5 Å². The van der Waals surface area contributed by atoms with Crippen LogP contribution in [0.3, 0.4) is 0 Å². The first-order chi connectivity index (χ1) is 12.2. The van der Waals surface area contributed by atoms with Gasteiger partial charge in [0.05, 0.1) is 5.69 Å². The molecule has 3 rings (SSSR count). The summed E-state index contributed by atoms with van der Waals surface area (Å²) in [6.07, 6.45) is 0. The van der Waals surface area contributed by atoms with Crippen LogP contribution in [-0.4, -0.2) is 23.1 Å². The van der Waals surface area contributed by atoms with Crippen LogP contribution in [0.4, 0.5) is 17.5 Å². The van der Waals surface area contributed by atoms with E-state index < -0.39 is 0 Å². The molecular weight excluding hydrogens is 332 g/mol. The monoisotopic (exact) mass is 352 g/mol. The van der Waals surface area contributed by atoms with Crippen molar-refractivity contribution in [3.63, 3.8) is 0 Å². The van der Waals surface area contributed by atoms with Crippen LogP contribution < -0.4 is 10.2 Å². The van der Waals surface area contributed by atoms with E-state index in [9.17, 15) is 0 Å². The predicted octanol–water partition coefficient (Wildman–Crippen LogP) is 5.39. The smallest absolute Gasteiger partial charge is 0.229 e. The lowest BCUT2D eigenvalue weighted by Gasteiger charge is -2.21. The third kappa shape index (κ3) is 4.28. The van der Waals surface area contributed by atoms with Crippen LogP contribution in [0.15, 0.2) is 60.7 Å². The van der Waals surface area contributed by atoms with Gasteiger partial charge in [0.25, 0.3) is 0 Å². The summed E-state index contributed by atoms with van der Waals surface area (Å²) in [5, 5.41) is 3.98. The molecular formula is C20H21ClN4. The summed E-state index contributed by atoms with van der Waals surface area (Å²) in [6, 6.07) is 19.7. The Hall–Kier alpha value is -2.59. The Balaban J connectivity index is 2.01. The predicted molar refractivity (Wildman–Crippen MR) is 106 cm³/mol. The SMILES string of the molecule is CCN(CC)c1cc(-c2ccccc2)nc(Nc2ccc(Cl)cc2)n1. The molecule has 0 unspecified atom stereocenters. The number of hydrogen-bond donors (Lipinski definition) is 1. The fraction of sp³-hybridized carbons (Fsp3) is 0.200. The van der Waals surface area contributed by atoms with Crippen molar-refractivity contribution in [2.45, 2.75) is 13.8 Å². The molecule has 1 heterocycles. The number of nitrogens with one attached hydrogen (secondary N) is 1. The van der Waals surface area contributed by atoms with Gasteiger partial charge in [0.15, 0.2) is 0 Å². The third-order valence-electron chi connectivity index (χ3n) is 3.97. The average Bonchev–Trinajstić information content (AvgIpc) is 2.65. The van der Waals surface area contributed by atoms with Crippen molar-refractivity contribution in [3.05, 3.63) is 65.7 Å². The molecule has 1 N–H and O–H groups in total. The molecule has 4 nitrogen and oxygen atoms in total. The average molecular weight is 353 g/mol. The molecule has 0 saturated heterocycles. The zero-order valence-corrected chi connectivity index (χ0v) is 15.2. The first-order valence-electron chi connectivity index (χ1n) is 8.41. The van der Waals surface area contributed by atoms with Gasteiger partial charge in [-0.25, -0.2) is 4.98 Å². The van der Waals surface area contributed by atoms with E-state index in [-0.39, 0.29) is 0 Å². The highest BCUT2D eigenvalue weighted by Crippen LogP contribution is 2.25. The van der Waals surface area contributed by atoms with Crippen LogP contribution in [0.25, 0.3) is 11.3 Å². The summed E-state index contributed by atoms with van der Waals surface area (Å²) >= 11 is 5.96. The van der Waals surface area contributed by atoms with Crippen molar-refractivity contribution in [1.29, 1.82) is 0 Å². The van der Waals surface area contributed by atoms with Gasteiger partial charge in [0.1, 0.15) is 5.82 Å². The van der Waals surface area contributed by atoms with Gasteiger partial charge in [-0.15, -0.1) is 0 Å². The van der Waals surface area contributed by atoms with E-state index in [2.05, 4.69) is 41.2 Å². The molecule has 0 atom stereocenters. The molecule has 0 aliphatic rings. The molecule has 0 saturated carbocycles. The third-order valence-corrected chi connectivity index (χ3v) is 4.22. The fourth-order valence-corrected chi connectivity index (χ4v) is 2.75. The van der Waals surface area contributed by atoms with Crippen molar-refractivity contribution in [2.75, 3.05) is 23.3 Å². The van der Waals surface area contributed by atoms with Crippen LogP contribution in [0.1, 0.15) is 13.8 Å². The Labute approximate surface area is 153 Å². The van der Waals surface area contributed by atoms with Crippen LogP contribution in [0.2, 0.25) is 5.02 Å². The Bertz CT molecular complexity index is 815. The van der Waals surface area contributed by atoms with Gasteiger partial charge in [0.2, 0.25) is 5.95 Å². The second-order valence-electron chi connectivity index (χ2n) is 5.61. The Kier molecular flexibility index (Phi) is 5.51. The standard InChI is InChI=1S/C20H21ClN4/c1-3-25(4-2)19-14-18(15-8-6-5-7-9-15)23-20(24-19)22-17-12-10-16(21)11-13-17/h5-14H,3-4H2,1-2H3,(H,22,23,24). The lowest BCUT2D eigenvalue weighted by atomic mass is 10.1. The molecule has 0 aliphatic heterocycles. The summed E-state index contributed by atoms with van der Waals surface area (Å²) < 4.78 is 0. The molecule has 0 bridgehead atoms. The summed E-state index contributed by atoms with van der Waals surface area (Å²) in [5.41, 5.74) is 2.87. The fourth-order valence-electron chi connectivity index (χ4n) is 2.62. The molecule has 0 spiro atoms. The molecule has 0 amide bonds. The summed E-state index contributed by atoms with van der Waals surface area (Å²) in [6.45, 7) is 6.03. The highest BCUT2D eigenvalue weighted by atomic mass is 35.5. The minimum atomic E-state index is 0.575. The van der Waals surface area contributed by atoms with Crippen molar-refractivity contribution in [3.8, 4) is 11.3 Å². The van der Waals surface area contributed by atoms with Crippen LogP contribution in [-0.2, 0) is 0 Å². The normalized spacial score (nSPS) is 10.5. The summed E-state index contributed by atoms with van der Waals surface area (Å²) in [5.74, 6) is 1.49. The minimum absolute atomic E-state index is 0.575. The summed E-state index contributed by atoms with van der Waals surface area (Å²) in [7, 11) is 0. The second kappa shape index (κ2) is 7.99. The number of halogens is 1. The van der Waals surface area contributed by atoms with Gasteiger partial charge in [0, 0.05) is 35.4 Å². The van der Waals surface area contributed by atoms with Gasteiger partial charge >= 0.3 is 0 Å². The van der Waals surface area contributed by atoms with Crippen molar-refractivity contribution in [2.24, 2.45) is 0 Å². The largest absolute Gasteiger partial charge is 0.357 e. The molecule has 0 radical (unpaired) electrons. The maximum absolute atomic E-state index is 5.96. The quantitative estimate of drug-likeness (QED) is 0.646. The number of aromatic nitrogens is 2. The first kappa shape index (κ1) is 17.2. The van der Waals surface area contributed by atoms with E-state index in [4.69, 9.17) is 16.6 Å². The number of benzene rings is 2. The minimum Gasteiger partial charge on any atom is -0.357 e. The number of anilines is 3. The van der Waals surface area contributed by atoms with E-state index in [1.54, 1.807) is 0 Å². The lowest BCUT2D eigenvalue weighted by molar-refractivity contribution is 0.843. The molecule has 3 aromatic rings. The topological polar surface area (TPSA) is 41.1 Å². The van der Waals surface area contributed by atoms with Crippen molar-refractivity contribution >= 4 is 29.1 Å². The van der Waals surface area contributed by atoms with Gasteiger partial charge in [-0.1, -0.05) is 41.9 Å². The molecule has 5 heteroatoms. The molecule has 128 valence electrons. The zero-order valence-electron chi connectivity index (χ0n) is 14.4. The molecule has 0 aliphatic carbocycles. The molecule has 0 fully saturated rings. The van der Waals surface area contributed by atoms with Crippen molar-refractivity contribution in [1.82, 2.24) is 9.97 Å². The lowest BCUT2D eigenvalue weighted by Crippen LogP contribution is -2.23. The molecule has 2 aromatic carbocycles. The van der Waals surface area contributed by atoms with E-state index in [0.29, 0.717) is 11.0 Å². The van der Waals surface area contributed by atoms with Crippen LogP contribution in [0, 0.1) is 0 Å². The van der Waals surface area contributed by atoms with Gasteiger partial charge in [-0.2, -0.15) is 4.98 Å². The molecule has 25 heavy (non-hydrogen) atoms. The summed E-state index contributed by atoms with van der Waals surface area (Å²) in [4.78, 5) is 11.6. The Morgan fingerprint density at radius 3 is 2.24 bits per heavy atom. The van der Waals surface area contributed by atoms with E-state index in [0.717, 1.165) is 35.9 Å². The second-order valence-corrected chi connectivity index (χ2v) is 6.04. The Morgan fingerprint density at radius 1 is 0.920 bits per heavy atom. The van der Waals surface area contributed by atoms with E-state index >= 15 is 0 Å². The highest BCUT2D eigenvalue weighted by molar-refractivity contribution is 6.30. The maximum Gasteiger partial charge on any atom is 0.229 e. The van der Waals surface area contributed by atoms with E-state index in [1.165, 1.54) is 0 Å². The number of nitrogens with zero attached hydrogens (tertiary/aromatic N) is 3. The van der Waals surface area contributed by atoms with Gasteiger partial charge < -0.3 is 10.2 Å². The number of hydrogen-bond acceptors (Lipinski definition) is 4. The first-order valence-corrected chi connectivity index (χ1v) is 8.79. The van der Waals surface area contributed by atoms with Crippen LogP contribution >= 0.6 is 11.6 Å². The zero-order chi connectivity index (χ0) is 17.6. The molecule has 1 aromatic heterocycles. The van der Waals surface area contributed by atoms with Gasteiger partial charge in [-0.05, 0) is 38.1 Å².